The van der Waals surface area contributed by atoms with Gasteiger partial charge in [0.15, 0.2) is 29.4 Å². The Morgan fingerprint density at radius 1 is 0.635 bits per heavy atom. The lowest BCUT2D eigenvalue weighted by molar-refractivity contribution is 0.337. The van der Waals surface area contributed by atoms with Gasteiger partial charge in [-0.25, -0.2) is 19.9 Å². The summed E-state index contributed by atoms with van der Waals surface area (Å²) in [6.07, 6.45) is 3.82. The maximum absolute atomic E-state index is 5.68. The lowest BCUT2D eigenvalue weighted by Gasteiger charge is -2.48. The summed E-state index contributed by atoms with van der Waals surface area (Å²) < 4.78 is 0. The zero-order valence-electron chi connectivity index (χ0n) is 38.0. The number of hydrogen-bond donors (Lipinski definition) is 0. The number of fused-ring (bicyclic) bond motifs is 13. The predicted molar refractivity (Wildman–Crippen MR) is 263 cm³/mol. The van der Waals surface area contributed by atoms with E-state index in [2.05, 4.69) is 197 Å². The van der Waals surface area contributed by atoms with E-state index in [9.17, 15) is 0 Å². The SMILES string of the molecule is C=CC(C)(C)[C@@H](C)N1c2nc3ccccc3nc2N2c3ccc(C(C)(C)C)cc3C(CC)(CC)CC(=C)c3ccccc3N3c4nc5ccccc5nc4N(c4ccccc4)C3C21. The fourth-order valence-electron chi connectivity index (χ4n) is 10.3. The molecule has 0 saturated carbocycles. The molecule has 2 aromatic heterocycles. The van der Waals surface area contributed by atoms with Crippen molar-refractivity contribution in [1.82, 2.24) is 19.9 Å². The van der Waals surface area contributed by atoms with Gasteiger partial charge in [-0.2, -0.15) is 0 Å². The van der Waals surface area contributed by atoms with Crippen LogP contribution in [0.2, 0.25) is 0 Å². The van der Waals surface area contributed by atoms with Gasteiger partial charge >= 0.3 is 0 Å². The summed E-state index contributed by atoms with van der Waals surface area (Å²) in [6, 6.07) is 43.2. The maximum Gasteiger partial charge on any atom is 0.179 e. The summed E-state index contributed by atoms with van der Waals surface area (Å²) in [4.78, 5) is 32.4. The molecule has 0 bridgehead atoms. The fraction of sp³-hybridized carbons (Fsp3) is 0.309. The average molecular weight is 831 g/mol. The molecular formula is C55H58N8. The quantitative estimate of drug-likeness (QED) is 0.154. The van der Waals surface area contributed by atoms with Gasteiger partial charge in [0.05, 0.1) is 27.8 Å². The third kappa shape index (κ3) is 6.23. The molecule has 10 rings (SSSR count). The molecule has 0 N–H and O–H groups in total. The van der Waals surface area contributed by atoms with Crippen LogP contribution in [0.4, 0.5) is 40.3 Å². The van der Waals surface area contributed by atoms with Crippen molar-refractivity contribution in [3.8, 4) is 0 Å². The smallest absolute Gasteiger partial charge is 0.179 e. The van der Waals surface area contributed by atoms with E-state index in [1.54, 1.807) is 0 Å². The molecule has 3 aliphatic heterocycles. The molecule has 318 valence electrons. The molecule has 3 aliphatic rings. The Morgan fingerprint density at radius 3 is 1.71 bits per heavy atom. The van der Waals surface area contributed by atoms with Crippen LogP contribution in [-0.4, -0.2) is 38.3 Å². The number of hydrogen-bond acceptors (Lipinski definition) is 8. The highest BCUT2D eigenvalue weighted by molar-refractivity contribution is 5.95. The molecule has 2 unspecified atom stereocenters. The highest BCUT2D eigenvalue weighted by atomic mass is 15.6. The zero-order chi connectivity index (χ0) is 44.0. The zero-order valence-corrected chi connectivity index (χ0v) is 38.0. The third-order valence-corrected chi connectivity index (χ3v) is 14.5. The molecule has 0 amide bonds. The summed E-state index contributed by atoms with van der Waals surface area (Å²) in [5.74, 6) is 3.26. The van der Waals surface area contributed by atoms with Crippen LogP contribution in [0.15, 0.2) is 141 Å². The van der Waals surface area contributed by atoms with Gasteiger partial charge < -0.3 is 4.90 Å². The number of nitrogens with zero attached hydrogens (tertiary/aromatic N) is 8. The van der Waals surface area contributed by atoms with Crippen LogP contribution >= 0.6 is 0 Å². The molecule has 0 aliphatic carbocycles. The topological polar surface area (TPSA) is 64.5 Å². The molecule has 0 radical (unpaired) electrons. The van der Waals surface area contributed by atoms with Crippen molar-refractivity contribution >= 4 is 68.0 Å². The number of anilines is 7. The Balaban J connectivity index is 1.41. The van der Waals surface area contributed by atoms with E-state index >= 15 is 0 Å². The van der Waals surface area contributed by atoms with E-state index in [1.165, 1.54) is 11.1 Å². The van der Waals surface area contributed by atoms with Crippen molar-refractivity contribution in [2.45, 2.75) is 104 Å². The number of allylic oxidation sites excluding steroid dienone is 1. The van der Waals surface area contributed by atoms with Crippen LogP contribution in [0.5, 0.6) is 0 Å². The first-order chi connectivity index (χ1) is 30.3. The second kappa shape index (κ2) is 14.8. The summed E-state index contributed by atoms with van der Waals surface area (Å²) in [7, 11) is 0. The highest BCUT2D eigenvalue weighted by Crippen LogP contribution is 2.58. The summed E-state index contributed by atoms with van der Waals surface area (Å²) in [5.41, 5.74) is 10.7. The largest absolute Gasteiger partial charge is 0.326 e. The van der Waals surface area contributed by atoms with Crippen LogP contribution in [0.25, 0.3) is 27.6 Å². The molecular weight excluding hydrogens is 773 g/mol. The van der Waals surface area contributed by atoms with E-state index in [0.29, 0.717) is 0 Å². The molecule has 8 heteroatoms. The van der Waals surface area contributed by atoms with E-state index in [1.807, 2.05) is 12.1 Å². The summed E-state index contributed by atoms with van der Waals surface area (Å²) >= 11 is 0. The first-order valence-corrected chi connectivity index (χ1v) is 22.6. The number of rotatable bonds is 6. The third-order valence-electron chi connectivity index (χ3n) is 14.5. The van der Waals surface area contributed by atoms with Crippen LogP contribution in [-0.2, 0) is 10.8 Å². The van der Waals surface area contributed by atoms with Gasteiger partial charge in [-0.15, -0.1) is 6.58 Å². The lowest BCUT2D eigenvalue weighted by Crippen LogP contribution is -2.63. The van der Waals surface area contributed by atoms with Crippen LogP contribution in [0, 0.1) is 5.41 Å². The minimum atomic E-state index is -0.457. The first-order valence-electron chi connectivity index (χ1n) is 22.6. The first kappa shape index (κ1) is 40.5. The molecule has 8 nitrogen and oxygen atoms in total. The van der Waals surface area contributed by atoms with Crippen molar-refractivity contribution < 1.29 is 0 Å². The second-order valence-corrected chi connectivity index (χ2v) is 19.4. The number of benzene rings is 5. The summed E-state index contributed by atoms with van der Waals surface area (Å²) in [6.45, 7) is 27.9. The molecule has 5 heterocycles. The van der Waals surface area contributed by atoms with Gasteiger partial charge in [0, 0.05) is 33.8 Å². The Bertz CT molecular complexity index is 2930. The Hall–Kier alpha value is -6.54. The average Bonchev–Trinajstić information content (AvgIpc) is 3.79. The van der Waals surface area contributed by atoms with Crippen LogP contribution < -0.4 is 19.6 Å². The van der Waals surface area contributed by atoms with Crippen molar-refractivity contribution in [2.24, 2.45) is 5.41 Å². The van der Waals surface area contributed by atoms with E-state index in [4.69, 9.17) is 26.5 Å². The minimum Gasteiger partial charge on any atom is -0.326 e. The van der Waals surface area contributed by atoms with E-state index in [-0.39, 0.29) is 22.3 Å². The van der Waals surface area contributed by atoms with Crippen molar-refractivity contribution in [1.29, 1.82) is 0 Å². The molecule has 0 spiro atoms. The molecule has 7 aromatic rings. The number of aromatic nitrogens is 4. The van der Waals surface area contributed by atoms with Gasteiger partial charge in [0.1, 0.15) is 6.17 Å². The Morgan fingerprint density at radius 2 is 1.14 bits per heavy atom. The molecule has 0 fully saturated rings. The predicted octanol–water partition coefficient (Wildman–Crippen LogP) is 13.5. The van der Waals surface area contributed by atoms with Crippen molar-refractivity contribution in [3.05, 3.63) is 157 Å². The van der Waals surface area contributed by atoms with Gasteiger partial charge in [-0.1, -0.05) is 134 Å². The molecule has 3 atom stereocenters. The van der Waals surface area contributed by atoms with E-state index in [0.717, 1.165) is 92.8 Å². The second-order valence-electron chi connectivity index (χ2n) is 19.4. The fourth-order valence-corrected chi connectivity index (χ4v) is 10.3. The van der Waals surface area contributed by atoms with Crippen molar-refractivity contribution in [2.75, 3.05) is 19.6 Å². The Kier molecular flexibility index (Phi) is 9.51. The van der Waals surface area contributed by atoms with Gasteiger partial charge in [0.2, 0.25) is 0 Å². The lowest BCUT2D eigenvalue weighted by atomic mass is 9.68. The highest BCUT2D eigenvalue weighted by Gasteiger charge is 2.57. The normalized spacial score (nSPS) is 18.6. The molecule has 0 saturated heterocycles. The maximum atomic E-state index is 5.68. The summed E-state index contributed by atoms with van der Waals surface area (Å²) in [5, 5.41) is 0. The van der Waals surface area contributed by atoms with Crippen LogP contribution in [0.1, 0.15) is 91.3 Å². The van der Waals surface area contributed by atoms with Crippen LogP contribution in [0.3, 0.4) is 0 Å². The van der Waals surface area contributed by atoms with Gasteiger partial charge in [0.25, 0.3) is 0 Å². The molecule has 63 heavy (non-hydrogen) atoms. The van der Waals surface area contributed by atoms with Gasteiger partial charge in [-0.05, 0) is 96.8 Å². The minimum absolute atomic E-state index is 0.0850. The van der Waals surface area contributed by atoms with Crippen molar-refractivity contribution in [3.63, 3.8) is 0 Å². The molecule has 5 aromatic carbocycles. The Labute approximate surface area is 372 Å². The monoisotopic (exact) mass is 830 g/mol. The van der Waals surface area contributed by atoms with Gasteiger partial charge in [-0.3, -0.25) is 14.7 Å². The standard InChI is InChI=1S/C55H58N8/c1-11-54(9,10)36(5)60-47-49(58-43-28-20-18-26-41(43)56-47)63-46-32-31-37(53(6,7)8)33-40(46)55(12-2,13-3)34-35(4)39-25-17-22-30-45(39)62-50-48(57-42-27-19-21-29-44(42)59-50)61(52(62)51(60)63)38-23-15-14-16-24-38/h11,14-33,36,51-52H,1,4,12-13,34H2,2-3,5-10H3/t36-,51?,52?/m1/s1. The van der Waals surface area contributed by atoms with E-state index < -0.39 is 12.3 Å². The number of para-hydroxylation sites is 6.